The van der Waals surface area contributed by atoms with Crippen molar-refractivity contribution in [3.05, 3.63) is 54.1 Å². The number of hydrogen-bond donors (Lipinski definition) is 2. The predicted octanol–water partition coefficient (Wildman–Crippen LogP) is 2.71. The maximum atomic E-state index is 12.7. The lowest BCUT2D eigenvalue weighted by Crippen LogP contribution is -2.32. The van der Waals surface area contributed by atoms with Crippen LogP contribution in [0, 0.1) is 11.8 Å². The Balaban J connectivity index is 1.34. The fourth-order valence-electron chi connectivity index (χ4n) is 3.65. The number of ether oxygens (including phenoxy) is 1. The van der Waals surface area contributed by atoms with Crippen LogP contribution >= 0.6 is 0 Å². The first kappa shape index (κ1) is 19.9. The summed E-state index contributed by atoms with van der Waals surface area (Å²) in [5, 5.41) is 5.83. The lowest BCUT2D eigenvalue weighted by atomic mass is 10.1. The summed E-state index contributed by atoms with van der Waals surface area (Å²) in [5.74, 6) is 0.131. The molecule has 0 spiro atoms. The number of carbonyl (C=O) groups excluding carboxylic acids is 3. The number of rotatable bonds is 7. The number of nitrogens with zero attached hydrogens (tertiary/aromatic N) is 1. The van der Waals surface area contributed by atoms with Crippen molar-refractivity contribution in [3.8, 4) is 5.75 Å². The fourth-order valence-corrected chi connectivity index (χ4v) is 3.65. The molecule has 1 saturated heterocycles. The maximum Gasteiger partial charge on any atom is 0.227 e. The number of amides is 3. The standard InChI is InChI=1S/C23H25N3O4/c1-30-20-8-3-2-7-19(20)26-14-17(12-21(26)27)22(28)24-13-15-5-4-6-18(11-15)25-23(29)16-9-10-16/h2-8,11,16-17H,9-10,12-14H2,1H3,(H,24,28)(H,25,29). The van der Waals surface area contributed by atoms with Gasteiger partial charge in [0, 0.05) is 31.1 Å². The molecule has 2 aliphatic rings. The van der Waals surface area contributed by atoms with Crippen molar-refractivity contribution in [2.75, 3.05) is 23.9 Å². The van der Waals surface area contributed by atoms with Gasteiger partial charge in [-0.05, 0) is 42.7 Å². The molecule has 30 heavy (non-hydrogen) atoms. The van der Waals surface area contributed by atoms with Crippen molar-refractivity contribution >= 4 is 29.1 Å². The minimum absolute atomic E-state index is 0.0529. The monoisotopic (exact) mass is 407 g/mol. The summed E-state index contributed by atoms with van der Waals surface area (Å²) < 4.78 is 5.34. The molecule has 1 saturated carbocycles. The van der Waals surface area contributed by atoms with Crippen molar-refractivity contribution in [2.45, 2.75) is 25.8 Å². The van der Waals surface area contributed by atoms with E-state index in [0.717, 1.165) is 24.1 Å². The molecule has 156 valence electrons. The zero-order valence-electron chi connectivity index (χ0n) is 16.9. The second kappa shape index (κ2) is 8.57. The van der Waals surface area contributed by atoms with E-state index in [0.29, 0.717) is 24.5 Å². The quantitative estimate of drug-likeness (QED) is 0.739. The lowest BCUT2D eigenvalue weighted by Gasteiger charge is -2.19. The van der Waals surface area contributed by atoms with Crippen molar-refractivity contribution < 1.29 is 19.1 Å². The van der Waals surface area contributed by atoms with Crippen LogP contribution in [0.1, 0.15) is 24.8 Å². The normalized spacial score (nSPS) is 18.2. The highest BCUT2D eigenvalue weighted by molar-refractivity contribution is 6.01. The minimum Gasteiger partial charge on any atom is -0.495 e. The first-order valence-electron chi connectivity index (χ1n) is 10.2. The van der Waals surface area contributed by atoms with Crippen LogP contribution in [0.25, 0.3) is 0 Å². The van der Waals surface area contributed by atoms with Gasteiger partial charge < -0.3 is 20.3 Å². The molecule has 2 fully saturated rings. The maximum absolute atomic E-state index is 12.7. The summed E-state index contributed by atoms with van der Waals surface area (Å²) in [6, 6.07) is 14.7. The van der Waals surface area contributed by atoms with E-state index in [1.54, 1.807) is 18.1 Å². The molecule has 2 N–H and O–H groups in total. The molecule has 1 aliphatic carbocycles. The first-order chi connectivity index (χ1) is 14.5. The molecule has 2 aromatic carbocycles. The summed E-state index contributed by atoms with van der Waals surface area (Å²) in [5.41, 5.74) is 2.30. The van der Waals surface area contributed by atoms with Crippen LogP contribution in [0.3, 0.4) is 0 Å². The zero-order valence-corrected chi connectivity index (χ0v) is 16.9. The van der Waals surface area contributed by atoms with E-state index in [9.17, 15) is 14.4 Å². The molecule has 0 bridgehead atoms. The molecule has 7 nitrogen and oxygen atoms in total. The number of para-hydroxylation sites is 2. The molecule has 7 heteroatoms. The van der Waals surface area contributed by atoms with E-state index in [2.05, 4.69) is 10.6 Å². The number of carbonyl (C=O) groups is 3. The van der Waals surface area contributed by atoms with Gasteiger partial charge in [-0.1, -0.05) is 24.3 Å². The molecule has 3 amide bonds. The Hall–Kier alpha value is -3.35. The van der Waals surface area contributed by atoms with Crippen molar-refractivity contribution in [1.29, 1.82) is 0 Å². The second-order valence-corrected chi connectivity index (χ2v) is 7.76. The summed E-state index contributed by atoms with van der Waals surface area (Å²) in [4.78, 5) is 38.7. The van der Waals surface area contributed by atoms with Gasteiger partial charge in [-0.25, -0.2) is 0 Å². The van der Waals surface area contributed by atoms with E-state index in [1.165, 1.54) is 0 Å². The number of nitrogens with one attached hydrogen (secondary N) is 2. The summed E-state index contributed by atoms with van der Waals surface area (Å²) in [6.07, 6.45) is 2.07. The molecule has 0 radical (unpaired) electrons. The molecule has 1 aliphatic heterocycles. The van der Waals surface area contributed by atoms with Crippen LogP contribution in [-0.4, -0.2) is 31.4 Å². The van der Waals surface area contributed by atoms with E-state index in [1.807, 2.05) is 42.5 Å². The van der Waals surface area contributed by atoms with Crippen molar-refractivity contribution in [1.82, 2.24) is 5.32 Å². The van der Waals surface area contributed by atoms with E-state index >= 15 is 0 Å². The Bertz CT molecular complexity index is 970. The number of hydrogen-bond acceptors (Lipinski definition) is 4. The molecule has 4 rings (SSSR count). The van der Waals surface area contributed by atoms with Gasteiger partial charge in [-0.2, -0.15) is 0 Å². The molecule has 1 unspecified atom stereocenters. The van der Waals surface area contributed by atoms with Crippen LogP contribution in [0.4, 0.5) is 11.4 Å². The van der Waals surface area contributed by atoms with Crippen LogP contribution in [0.5, 0.6) is 5.75 Å². The third-order valence-electron chi connectivity index (χ3n) is 5.48. The largest absolute Gasteiger partial charge is 0.495 e. The van der Waals surface area contributed by atoms with Gasteiger partial charge in [0.1, 0.15) is 5.75 Å². The third-order valence-corrected chi connectivity index (χ3v) is 5.48. The highest BCUT2D eigenvalue weighted by Crippen LogP contribution is 2.33. The molecule has 0 aromatic heterocycles. The van der Waals surface area contributed by atoms with E-state index in [4.69, 9.17) is 4.74 Å². The van der Waals surface area contributed by atoms with Gasteiger partial charge >= 0.3 is 0 Å². The smallest absolute Gasteiger partial charge is 0.227 e. The van der Waals surface area contributed by atoms with E-state index in [-0.39, 0.29) is 30.1 Å². The zero-order chi connectivity index (χ0) is 21.1. The lowest BCUT2D eigenvalue weighted by molar-refractivity contribution is -0.126. The first-order valence-corrected chi connectivity index (χ1v) is 10.2. The summed E-state index contributed by atoms with van der Waals surface area (Å²) in [6.45, 7) is 0.661. The third kappa shape index (κ3) is 4.45. The topological polar surface area (TPSA) is 87.7 Å². The van der Waals surface area contributed by atoms with Gasteiger partial charge in [0.15, 0.2) is 0 Å². The van der Waals surface area contributed by atoms with Gasteiger partial charge in [0.05, 0.1) is 18.7 Å². The van der Waals surface area contributed by atoms with E-state index < -0.39 is 5.92 Å². The van der Waals surface area contributed by atoms with Crippen LogP contribution in [-0.2, 0) is 20.9 Å². The fraction of sp³-hybridized carbons (Fsp3) is 0.348. The van der Waals surface area contributed by atoms with Gasteiger partial charge in [0.25, 0.3) is 0 Å². The second-order valence-electron chi connectivity index (χ2n) is 7.76. The van der Waals surface area contributed by atoms with Crippen molar-refractivity contribution in [3.63, 3.8) is 0 Å². The van der Waals surface area contributed by atoms with Crippen LogP contribution in [0.15, 0.2) is 48.5 Å². The Morgan fingerprint density at radius 3 is 2.63 bits per heavy atom. The van der Waals surface area contributed by atoms with Gasteiger partial charge in [-0.3, -0.25) is 14.4 Å². The number of methoxy groups -OCH3 is 1. The average molecular weight is 407 g/mol. The minimum atomic E-state index is -0.417. The Morgan fingerprint density at radius 1 is 1.07 bits per heavy atom. The number of anilines is 2. The SMILES string of the molecule is COc1ccccc1N1CC(C(=O)NCc2cccc(NC(=O)C3CC3)c2)CC1=O. The molecular weight excluding hydrogens is 382 g/mol. The highest BCUT2D eigenvalue weighted by atomic mass is 16.5. The van der Waals surface area contributed by atoms with Gasteiger partial charge in [-0.15, -0.1) is 0 Å². The predicted molar refractivity (Wildman–Crippen MR) is 113 cm³/mol. The van der Waals surface area contributed by atoms with Crippen molar-refractivity contribution in [2.24, 2.45) is 11.8 Å². The Morgan fingerprint density at radius 2 is 1.87 bits per heavy atom. The summed E-state index contributed by atoms with van der Waals surface area (Å²) in [7, 11) is 1.56. The molecular formula is C23H25N3O4. The van der Waals surface area contributed by atoms with Crippen LogP contribution in [0.2, 0.25) is 0 Å². The van der Waals surface area contributed by atoms with Gasteiger partial charge in [0.2, 0.25) is 17.7 Å². The number of benzene rings is 2. The summed E-state index contributed by atoms with van der Waals surface area (Å²) >= 11 is 0. The Labute approximate surface area is 175 Å². The molecule has 1 heterocycles. The van der Waals surface area contributed by atoms with Crippen LogP contribution < -0.4 is 20.3 Å². The Kier molecular flexibility index (Phi) is 5.70. The molecule has 1 atom stereocenters. The average Bonchev–Trinajstić information content (AvgIpc) is 3.54. The molecule has 2 aromatic rings. The highest BCUT2D eigenvalue weighted by Gasteiger charge is 2.36.